The first kappa shape index (κ1) is 14.3. The smallest absolute Gasteiger partial charge is 0.0577 e. The normalized spacial score (nSPS) is 56.2. The Bertz CT molecular complexity index is 466. The van der Waals surface area contributed by atoms with Gasteiger partial charge in [0, 0.05) is 0 Å². The van der Waals surface area contributed by atoms with E-state index in [2.05, 4.69) is 26.8 Å². The molecule has 0 radical (unpaired) electrons. The van der Waals surface area contributed by atoms with E-state index in [1.54, 1.807) is 5.57 Å². The van der Waals surface area contributed by atoms with Crippen molar-refractivity contribution in [3.8, 4) is 0 Å². The van der Waals surface area contributed by atoms with Crippen molar-refractivity contribution in [2.24, 2.45) is 34.5 Å². The van der Waals surface area contributed by atoms with E-state index in [0.717, 1.165) is 36.5 Å². The Kier molecular flexibility index (Phi) is 3.13. The molecule has 3 saturated carbocycles. The Morgan fingerprint density at radius 2 is 1.86 bits per heavy atom. The lowest BCUT2D eigenvalue weighted by molar-refractivity contribution is -0.0474. The largest absolute Gasteiger partial charge is 0.393 e. The molecular formula is C20H32O. The molecule has 0 aromatic rings. The molecule has 118 valence electrons. The Labute approximate surface area is 130 Å². The van der Waals surface area contributed by atoms with Gasteiger partial charge in [-0.05, 0) is 85.9 Å². The Morgan fingerprint density at radius 3 is 2.67 bits per heavy atom. The van der Waals surface area contributed by atoms with Gasteiger partial charge in [0.2, 0.25) is 0 Å². The van der Waals surface area contributed by atoms with Crippen LogP contribution in [0.5, 0.6) is 0 Å². The Balaban J connectivity index is 1.68. The van der Waals surface area contributed by atoms with Crippen LogP contribution in [0.4, 0.5) is 0 Å². The average Bonchev–Trinajstić information content (AvgIpc) is 2.76. The van der Waals surface area contributed by atoms with Crippen LogP contribution >= 0.6 is 0 Å². The molecule has 0 aliphatic heterocycles. The van der Waals surface area contributed by atoms with Crippen LogP contribution in [-0.4, -0.2) is 11.2 Å². The van der Waals surface area contributed by atoms with E-state index in [9.17, 15) is 5.11 Å². The fraction of sp³-hybridized carbons (Fsp3) is 0.900. The van der Waals surface area contributed by atoms with Crippen LogP contribution in [0.1, 0.15) is 72.1 Å². The van der Waals surface area contributed by atoms with E-state index >= 15 is 0 Å². The fourth-order valence-electron chi connectivity index (χ4n) is 6.90. The van der Waals surface area contributed by atoms with Gasteiger partial charge in [-0.25, -0.2) is 0 Å². The second-order valence-corrected chi connectivity index (χ2v) is 9.18. The number of rotatable bonds is 0. The van der Waals surface area contributed by atoms with E-state index in [1.165, 1.54) is 38.5 Å². The number of aliphatic hydroxyl groups is 1. The molecule has 0 amide bonds. The topological polar surface area (TPSA) is 20.2 Å². The molecule has 3 fully saturated rings. The molecule has 0 heterocycles. The minimum Gasteiger partial charge on any atom is -0.393 e. The van der Waals surface area contributed by atoms with Gasteiger partial charge < -0.3 is 5.11 Å². The molecule has 0 aromatic carbocycles. The predicted octanol–water partition coefficient (Wildman–Crippen LogP) is 4.95. The van der Waals surface area contributed by atoms with Crippen molar-refractivity contribution in [2.75, 3.05) is 0 Å². The van der Waals surface area contributed by atoms with Crippen molar-refractivity contribution < 1.29 is 5.11 Å². The molecule has 1 N–H and O–H groups in total. The molecule has 4 aliphatic carbocycles. The maximum Gasteiger partial charge on any atom is 0.0577 e. The van der Waals surface area contributed by atoms with Crippen LogP contribution < -0.4 is 0 Å². The molecule has 0 saturated heterocycles. The predicted molar refractivity (Wildman–Crippen MR) is 86.9 cm³/mol. The van der Waals surface area contributed by atoms with E-state index < -0.39 is 0 Å². The summed E-state index contributed by atoms with van der Waals surface area (Å²) in [6, 6.07) is 0. The molecule has 7 atom stereocenters. The molecular weight excluding hydrogens is 256 g/mol. The van der Waals surface area contributed by atoms with E-state index in [0.29, 0.717) is 10.8 Å². The third-order valence-corrected chi connectivity index (χ3v) is 8.55. The molecule has 6 unspecified atom stereocenters. The van der Waals surface area contributed by atoms with Gasteiger partial charge in [-0.2, -0.15) is 0 Å². The van der Waals surface area contributed by atoms with Crippen LogP contribution in [-0.2, 0) is 0 Å². The second kappa shape index (κ2) is 4.60. The summed E-state index contributed by atoms with van der Waals surface area (Å²) in [5, 5.41) is 10.0. The van der Waals surface area contributed by atoms with Crippen molar-refractivity contribution in [1.82, 2.24) is 0 Å². The van der Waals surface area contributed by atoms with Gasteiger partial charge in [0.05, 0.1) is 6.10 Å². The number of fused-ring (bicyclic) bond motifs is 5. The van der Waals surface area contributed by atoms with Crippen molar-refractivity contribution in [3.63, 3.8) is 0 Å². The summed E-state index contributed by atoms with van der Waals surface area (Å²) < 4.78 is 0. The fourth-order valence-corrected chi connectivity index (χ4v) is 6.90. The van der Waals surface area contributed by atoms with Gasteiger partial charge in [-0.3, -0.25) is 0 Å². The van der Waals surface area contributed by atoms with Crippen molar-refractivity contribution in [2.45, 2.75) is 78.2 Å². The minimum atomic E-state index is -0.0683. The lowest BCUT2D eigenvalue weighted by atomic mass is 9.47. The minimum absolute atomic E-state index is 0.0683. The van der Waals surface area contributed by atoms with Gasteiger partial charge in [0.15, 0.2) is 0 Å². The maximum atomic E-state index is 10.0. The highest BCUT2D eigenvalue weighted by atomic mass is 16.3. The summed E-state index contributed by atoms with van der Waals surface area (Å²) in [5.74, 6) is 3.72. The van der Waals surface area contributed by atoms with Crippen LogP contribution in [0.15, 0.2) is 11.6 Å². The van der Waals surface area contributed by atoms with E-state index in [1.807, 2.05) is 0 Å². The summed E-state index contributed by atoms with van der Waals surface area (Å²) in [7, 11) is 0. The lowest BCUT2D eigenvalue weighted by Gasteiger charge is -2.58. The number of allylic oxidation sites excluding steroid dienone is 1. The summed E-state index contributed by atoms with van der Waals surface area (Å²) in [4.78, 5) is 0. The summed E-state index contributed by atoms with van der Waals surface area (Å²) in [6.07, 6.45) is 12.8. The maximum absolute atomic E-state index is 10.0. The van der Waals surface area contributed by atoms with Gasteiger partial charge in [0.1, 0.15) is 0 Å². The van der Waals surface area contributed by atoms with Gasteiger partial charge in [-0.15, -0.1) is 0 Å². The Morgan fingerprint density at radius 1 is 1.05 bits per heavy atom. The summed E-state index contributed by atoms with van der Waals surface area (Å²) in [5.41, 5.74) is 2.64. The van der Waals surface area contributed by atoms with Crippen molar-refractivity contribution in [3.05, 3.63) is 11.6 Å². The van der Waals surface area contributed by atoms with E-state index in [4.69, 9.17) is 0 Å². The van der Waals surface area contributed by atoms with Crippen LogP contribution in [0, 0.1) is 34.5 Å². The van der Waals surface area contributed by atoms with Crippen LogP contribution in [0.2, 0.25) is 0 Å². The standard InChI is InChI=1S/C20H32O/c1-13-4-7-17-16-6-5-14-12-15(21)8-10-20(14,3)18(16)9-11-19(13,17)2/h5,13,15-18,21H,4,6-12H2,1-3H3/t13-,15?,16?,17?,18?,19?,20?/m0/s1. The molecule has 21 heavy (non-hydrogen) atoms. The highest BCUT2D eigenvalue weighted by molar-refractivity contribution is 5.25. The summed E-state index contributed by atoms with van der Waals surface area (Å²) in [6.45, 7) is 7.63. The third kappa shape index (κ3) is 1.85. The molecule has 0 bridgehead atoms. The summed E-state index contributed by atoms with van der Waals surface area (Å²) >= 11 is 0. The number of hydrogen-bond acceptors (Lipinski definition) is 1. The highest BCUT2D eigenvalue weighted by Gasteiger charge is 2.57. The zero-order chi connectivity index (χ0) is 14.8. The lowest BCUT2D eigenvalue weighted by Crippen LogP contribution is -2.50. The van der Waals surface area contributed by atoms with Gasteiger partial charge in [0.25, 0.3) is 0 Å². The van der Waals surface area contributed by atoms with Crippen molar-refractivity contribution >= 4 is 0 Å². The first-order valence-corrected chi connectivity index (χ1v) is 9.33. The van der Waals surface area contributed by atoms with Gasteiger partial charge >= 0.3 is 0 Å². The first-order chi connectivity index (χ1) is 9.95. The number of hydrogen-bond donors (Lipinski definition) is 1. The SMILES string of the molecule is C[C@H]1CCC2C3CC=C4CC(O)CCC4(C)C3CCC21C. The highest BCUT2D eigenvalue weighted by Crippen LogP contribution is 2.66. The zero-order valence-corrected chi connectivity index (χ0v) is 14.1. The molecule has 1 nitrogen and oxygen atoms in total. The van der Waals surface area contributed by atoms with Gasteiger partial charge in [-0.1, -0.05) is 32.4 Å². The van der Waals surface area contributed by atoms with Crippen LogP contribution in [0.3, 0.4) is 0 Å². The molecule has 4 rings (SSSR count). The monoisotopic (exact) mass is 288 g/mol. The van der Waals surface area contributed by atoms with Crippen molar-refractivity contribution in [1.29, 1.82) is 0 Å². The average molecular weight is 288 g/mol. The zero-order valence-electron chi connectivity index (χ0n) is 14.1. The quantitative estimate of drug-likeness (QED) is 0.626. The molecule has 0 aromatic heterocycles. The molecule has 1 heteroatoms. The second-order valence-electron chi connectivity index (χ2n) is 9.18. The number of aliphatic hydroxyl groups excluding tert-OH is 1. The molecule has 4 aliphatic rings. The molecule has 0 spiro atoms. The van der Waals surface area contributed by atoms with Crippen LogP contribution in [0.25, 0.3) is 0 Å². The Hall–Kier alpha value is -0.300. The van der Waals surface area contributed by atoms with E-state index in [-0.39, 0.29) is 6.10 Å². The third-order valence-electron chi connectivity index (χ3n) is 8.55. The first-order valence-electron chi connectivity index (χ1n) is 9.33.